The Morgan fingerprint density at radius 1 is 0.966 bits per heavy atom. The molecule has 162 valence electrons. The van der Waals surface area contributed by atoms with Crippen molar-refractivity contribution in [2.24, 2.45) is 0 Å². The SMILES string of the molecule is COc1ccc(OC[C@H](O)CN2CCN(CC(=O)N3CCN(C)CC3)CC2)cc1. The summed E-state index contributed by atoms with van der Waals surface area (Å²) in [5.74, 6) is 1.73. The molecule has 0 bridgehead atoms. The zero-order valence-corrected chi connectivity index (χ0v) is 17.6. The minimum Gasteiger partial charge on any atom is -0.497 e. The van der Waals surface area contributed by atoms with Gasteiger partial charge in [-0.05, 0) is 31.3 Å². The summed E-state index contributed by atoms with van der Waals surface area (Å²) >= 11 is 0. The number of amides is 1. The standard InChI is InChI=1S/C21H34N4O4/c1-22-7-13-25(14-8-22)21(27)16-24-11-9-23(10-12-24)15-18(26)17-29-20-5-3-19(28-2)4-6-20/h3-6,18,26H,7-17H2,1-2H3/t18-/m1/s1. The normalized spacial score (nSPS) is 20.4. The third-order valence-electron chi connectivity index (χ3n) is 5.65. The van der Waals surface area contributed by atoms with Crippen LogP contribution < -0.4 is 9.47 Å². The first kappa shape index (κ1) is 21.8. The van der Waals surface area contributed by atoms with E-state index >= 15 is 0 Å². The maximum atomic E-state index is 12.5. The van der Waals surface area contributed by atoms with E-state index in [0.29, 0.717) is 13.1 Å². The second-order valence-corrected chi connectivity index (χ2v) is 7.90. The number of piperazine rings is 2. The molecule has 0 unspecified atom stereocenters. The van der Waals surface area contributed by atoms with Gasteiger partial charge in [-0.1, -0.05) is 0 Å². The van der Waals surface area contributed by atoms with E-state index in [4.69, 9.17) is 9.47 Å². The molecule has 8 nitrogen and oxygen atoms in total. The van der Waals surface area contributed by atoms with Crippen LogP contribution in [-0.4, -0.2) is 123 Å². The maximum absolute atomic E-state index is 12.5. The molecule has 2 heterocycles. The molecule has 2 saturated heterocycles. The smallest absolute Gasteiger partial charge is 0.236 e. The van der Waals surface area contributed by atoms with Crippen LogP contribution in [0.25, 0.3) is 0 Å². The van der Waals surface area contributed by atoms with Crippen molar-refractivity contribution in [3.63, 3.8) is 0 Å². The van der Waals surface area contributed by atoms with Crippen LogP contribution in [-0.2, 0) is 4.79 Å². The molecule has 2 fully saturated rings. The Morgan fingerprint density at radius 2 is 1.55 bits per heavy atom. The fraction of sp³-hybridized carbons (Fsp3) is 0.667. The van der Waals surface area contributed by atoms with Gasteiger partial charge < -0.3 is 24.4 Å². The second kappa shape index (κ2) is 10.8. The molecule has 1 atom stereocenters. The van der Waals surface area contributed by atoms with Crippen molar-refractivity contribution in [3.8, 4) is 11.5 Å². The third-order valence-corrected chi connectivity index (χ3v) is 5.65. The van der Waals surface area contributed by atoms with E-state index in [9.17, 15) is 9.90 Å². The number of benzene rings is 1. The zero-order chi connectivity index (χ0) is 20.6. The van der Waals surface area contributed by atoms with Crippen LogP contribution in [0.1, 0.15) is 0 Å². The van der Waals surface area contributed by atoms with Crippen molar-refractivity contribution in [3.05, 3.63) is 24.3 Å². The lowest BCUT2D eigenvalue weighted by molar-refractivity contribution is -0.134. The van der Waals surface area contributed by atoms with Crippen LogP contribution >= 0.6 is 0 Å². The van der Waals surface area contributed by atoms with Crippen molar-refractivity contribution in [2.75, 3.05) is 86.2 Å². The van der Waals surface area contributed by atoms with Crippen LogP contribution in [0.4, 0.5) is 0 Å². The number of β-amino-alcohol motifs (C(OH)–C–C–N with tert-alkyl or cyclic N) is 1. The summed E-state index contributed by atoms with van der Waals surface area (Å²) in [6, 6.07) is 7.35. The molecule has 1 aromatic rings. The van der Waals surface area contributed by atoms with Gasteiger partial charge >= 0.3 is 0 Å². The molecule has 3 rings (SSSR count). The van der Waals surface area contributed by atoms with Gasteiger partial charge in [0.2, 0.25) is 5.91 Å². The van der Waals surface area contributed by atoms with Gasteiger partial charge in [-0.2, -0.15) is 0 Å². The number of nitrogens with zero attached hydrogens (tertiary/aromatic N) is 4. The number of methoxy groups -OCH3 is 1. The fourth-order valence-electron chi connectivity index (χ4n) is 3.69. The van der Waals surface area contributed by atoms with Crippen molar-refractivity contribution >= 4 is 5.91 Å². The Morgan fingerprint density at radius 3 is 2.17 bits per heavy atom. The molecule has 8 heteroatoms. The molecule has 0 aliphatic carbocycles. The lowest BCUT2D eigenvalue weighted by Crippen LogP contribution is -2.54. The minimum absolute atomic E-state index is 0.236. The van der Waals surface area contributed by atoms with E-state index in [2.05, 4.69) is 21.7 Å². The molecule has 1 aromatic carbocycles. The molecule has 0 spiro atoms. The van der Waals surface area contributed by atoms with Gasteiger partial charge in [0.1, 0.15) is 24.2 Å². The highest BCUT2D eigenvalue weighted by molar-refractivity contribution is 5.78. The Hall–Kier alpha value is -1.87. The van der Waals surface area contributed by atoms with E-state index in [1.807, 2.05) is 29.2 Å². The molecular weight excluding hydrogens is 372 g/mol. The molecule has 29 heavy (non-hydrogen) atoms. The Bertz CT molecular complexity index is 626. The van der Waals surface area contributed by atoms with E-state index < -0.39 is 6.10 Å². The summed E-state index contributed by atoms with van der Waals surface area (Å²) < 4.78 is 10.8. The highest BCUT2D eigenvalue weighted by atomic mass is 16.5. The summed E-state index contributed by atoms with van der Waals surface area (Å²) in [6.07, 6.45) is -0.546. The maximum Gasteiger partial charge on any atom is 0.236 e. The van der Waals surface area contributed by atoms with E-state index in [0.717, 1.165) is 63.9 Å². The summed E-state index contributed by atoms with van der Waals surface area (Å²) in [4.78, 5) is 21.2. The van der Waals surface area contributed by atoms with Gasteiger partial charge in [0.25, 0.3) is 0 Å². The lowest BCUT2D eigenvalue weighted by atomic mass is 10.2. The van der Waals surface area contributed by atoms with Crippen LogP contribution in [0.15, 0.2) is 24.3 Å². The number of likely N-dealkylation sites (N-methyl/N-ethyl adjacent to an activating group) is 1. The highest BCUT2D eigenvalue weighted by Crippen LogP contribution is 2.17. The van der Waals surface area contributed by atoms with Crippen LogP contribution in [0.5, 0.6) is 11.5 Å². The molecule has 0 saturated carbocycles. The largest absolute Gasteiger partial charge is 0.497 e. The van der Waals surface area contributed by atoms with Gasteiger partial charge in [0.05, 0.1) is 13.7 Å². The first-order valence-electron chi connectivity index (χ1n) is 10.4. The van der Waals surface area contributed by atoms with Crippen LogP contribution in [0, 0.1) is 0 Å². The number of rotatable bonds is 8. The number of hydrogen-bond acceptors (Lipinski definition) is 7. The molecular formula is C21H34N4O4. The topological polar surface area (TPSA) is 68.7 Å². The van der Waals surface area contributed by atoms with Crippen LogP contribution in [0.2, 0.25) is 0 Å². The average Bonchev–Trinajstić information content (AvgIpc) is 2.74. The van der Waals surface area contributed by atoms with Gasteiger partial charge in [-0.25, -0.2) is 0 Å². The molecule has 0 radical (unpaired) electrons. The Kier molecular flexibility index (Phi) is 8.11. The number of carbonyl (C=O) groups is 1. The second-order valence-electron chi connectivity index (χ2n) is 7.90. The molecule has 2 aliphatic heterocycles. The van der Waals surface area contributed by atoms with E-state index in [-0.39, 0.29) is 12.5 Å². The van der Waals surface area contributed by atoms with Gasteiger partial charge in [0.15, 0.2) is 0 Å². The highest BCUT2D eigenvalue weighted by Gasteiger charge is 2.24. The zero-order valence-electron chi connectivity index (χ0n) is 17.6. The number of hydrogen-bond donors (Lipinski definition) is 1. The third kappa shape index (κ3) is 6.85. The van der Waals surface area contributed by atoms with Crippen LogP contribution in [0.3, 0.4) is 0 Å². The summed E-state index contributed by atoms with van der Waals surface area (Å²) in [5, 5.41) is 10.3. The molecule has 1 N–H and O–H groups in total. The summed E-state index contributed by atoms with van der Waals surface area (Å²) in [6.45, 7) is 8.32. The first-order valence-corrected chi connectivity index (χ1v) is 10.4. The van der Waals surface area contributed by atoms with Crippen molar-refractivity contribution < 1.29 is 19.4 Å². The number of aliphatic hydroxyl groups excluding tert-OH is 1. The van der Waals surface area contributed by atoms with Crippen molar-refractivity contribution in [1.82, 2.24) is 19.6 Å². The summed E-state index contributed by atoms with van der Waals surface area (Å²) in [7, 11) is 3.72. The molecule has 0 aromatic heterocycles. The van der Waals surface area contributed by atoms with Crippen molar-refractivity contribution in [2.45, 2.75) is 6.10 Å². The first-order chi connectivity index (χ1) is 14.0. The van der Waals surface area contributed by atoms with Gasteiger partial charge in [0, 0.05) is 58.9 Å². The molecule has 2 aliphatic rings. The minimum atomic E-state index is -0.546. The lowest BCUT2D eigenvalue weighted by Gasteiger charge is -2.37. The average molecular weight is 407 g/mol. The molecule has 1 amide bonds. The van der Waals surface area contributed by atoms with E-state index in [1.54, 1.807) is 7.11 Å². The quantitative estimate of drug-likeness (QED) is 0.643. The Balaban J connectivity index is 1.32. The predicted molar refractivity (Wildman–Crippen MR) is 111 cm³/mol. The predicted octanol–water partition coefficient (Wildman–Crippen LogP) is -0.173. The fourth-order valence-corrected chi connectivity index (χ4v) is 3.69. The Labute approximate surface area is 173 Å². The summed E-state index contributed by atoms with van der Waals surface area (Å²) in [5.41, 5.74) is 0. The van der Waals surface area contributed by atoms with Crippen molar-refractivity contribution in [1.29, 1.82) is 0 Å². The van der Waals surface area contributed by atoms with Gasteiger partial charge in [-0.3, -0.25) is 14.6 Å². The number of aliphatic hydroxyl groups is 1. The monoisotopic (exact) mass is 406 g/mol. The number of carbonyl (C=O) groups excluding carboxylic acids is 1. The van der Waals surface area contributed by atoms with E-state index in [1.165, 1.54) is 0 Å². The number of ether oxygens (including phenoxy) is 2. The van der Waals surface area contributed by atoms with Gasteiger partial charge in [-0.15, -0.1) is 0 Å².